The van der Waals surface area contributed by atoms with Crippen LogP contribution in [0.5, 0.6) is 0 Å². The molecule has 1 N–H and O–H groups in total. The Morgan fingerprint density at radius 2 is 1.85 bits per heavy atom. The molecule has 140 valence electrons. The van der Waals surface area contributed by atoms with Gasteiger partial charge in [0.15, 0.2) is 6.73 Å². The van der Waals surface area contributed by atoms with E-state index in [9.17, 15) is 14.4 Å². The summed E-state index contributed by atoms with van der Waals surface area (Å²) in [5.74, 6) is -0.999. The van der Waals surface area contributed by atoms with Crippen LogP contribution in [0.25, 0.3) is 0 Å². The second kappa shape index (κ2) is 8.35. The number of hydrogen-bond acceptors (Lipinski definition) is 5. The van der Waals surface area contributed by atoms with Gasteiger partial charge in [-0.3, -0.25) is 9.69 Å². The summed E-state index contributed by atoms with van der Waals surface area (Å²) in [7, 11) is 0. The standard InChI is InChI=1S/C20H20N2O5/c1-14-7-5-6-10-16(14)21-18(23)11-17-19(24)27-13-22(17)20(25)26-12-15-8-3-2-4-9-15/h2-10,17H,11-13H2,1H3,(H,21,23). The molecule has 2 amide bonds. The number of carbonyl (C=O) groups excluding carboxylic acids is 3. The molecular formula is C20H20N2O5. The van der Waals surface area contributed by atoms with Crippen molar-refractivity contribution in [1.29, 1.82) is 0 Å². The lowest BCUT2D eigenvalue weighted by atomic mass is 10.1. The molecule has 2 aromatic rings. The quantitative estimate of drug-likeness (QED) is 0.821. The zero-order chi connectivity index (χ0) is 19.2. The van der Waals surface area contributed by atoms with E-state index >= 15 is 0 Å². The molecule has 27 heavy (non-hydrogen) atoms. The highest BCUT2D eigenvalue weighted by molar-refractivity contribution is 5.96. The molecule has 0 spiro atoms. The second-order valence-corrected chi connectivity index (χ2v) is 6.19. The van der Waals surface area contributed by atoms with Crippen molar-refractivity contribution in [1.82, 2.24) is 4.90 Å². The van der Waals surface area contributed by atoms with E-state index in [0.29, 0.717) is 5.69 Å². The third-order valence-electron chi connectivity index (χ3n) is 4.23. The molecule has 0 bridgehead atoms. The van der Waals surface area contributed by atoms with Gasteiger partial charge in [0.1, 0.15) is 12.6 Å². The number of cyclic esters (lactones) is 1. The zero-order valence-electron chi connectivity index (χ0n) is 14.9. The fourth-order valence-corrected chi connectivity index (χ4v) is 2.71. The van der Waals surface area contributed by atoms with Crippen molar-refractivity contribution >= 4 is 23.7 Å². The molecular weight excluding hydrogens is 348 g/mol. The molecule has 1 unspecified atom stereocenters. The summed E-state index contributed by atoms with van der Waals surface area (Å²) < 4.78 is 10.2. The smallest absolute Gasteiger partial charge is 0.413 e. The SMILES string of the molecule is Cc1ccccc1NC(=O)CC1C(=O)OCN1C(=O)OCc1ccccc1. The lowest BCUT2D eigenvalue weighted by Gasteiger charge is -2.19. The molecule has 0 aromatic heterocycles. The maximum atomic E-state index is 12.3. The number of benzene rings is 2. The Morgan fingerprint density at radius 3 is 2.59 bits per heavy atom. The van der Waals surface area contributed by atoms with Gasteiger partial charge in [0.2, 0.25) is 5.91 Å². The van der Waals surface area contributed by atoms with Crippen LogP contribution in [0.4, 0.5) is 10.5 Å². The largest absolute Gasteiger partial charge is 0.444 e. The van der Waals surface area contributed by atoms with Crippen LogP contribution in [0.2, 0.25) is 0 Å². The van der Waals surface area contributed by atoms with E-state index in [1.807, 2.05) is 49.4 Å². The number of anilines is 1. The minimum atomic E-state index is -1.00. The number of amides is 2. The fraction of sp³-hybridized carbons (Fsp3) is 0.250. The first kappa shape index (κ1) is 18.4. The first-order chi connectivity index (χ1) is 13.0. The van der Waals surface area contributed by atoms with Gasteiger partial charge < -0.3 is 14.8 Å². The number of nitrogens with one attached hydrogen (secondary N) is 1. The highest BCUT2D eigenvalue weighted by atomic mass is 16.6. The van der Waals surface area contributed by atoms with Crippen LogP contribution < -0.4 is 5.32 Å². The fourth-order valence-electron chi connectivity index (χ4n) is 2.71. The van der Waals surface area contributed by atoms with Crippen molar-refractivity contribution in [2.24, 2.45) is 0 Å². The summed E-state index contributed by atoms with van der Waals surface area (Å²) in [5.41, 5.74) is 2.39. The van der Waals surface area contributed by atoms with Crippen LogP contribution >= 0.6 is 0 Å². The van der Waals surface area contributed by atoms with E-state index in [-0.39, 0.29) is 25.7 Å². The molecule has 1 saturated heterocycles. The molecule has 0 radical (unpaired) electrons. The molecule has 3 rings (SSSR count). The first-order valence-corrected chi connectivity index (χ1v) is 8.54. The van der Waals surface area contributed by atoms with Crippen LogP contribution in [0.1, 0.15) is 17.5 Å². The van der Waals surface area contributed by atoms with Crippen molar-refractivity contribution in [3.05, 3.63) is 65.7 Å². The normalized spacial score (nSPS) is 16.0. The number of nitrogens with zero attached hydrogens (tertiary/aromatic N) is 1. The number of para-hydroxylation sites is 1. The van der Waals surface area contributed by atoms with E-state index in [1.165, 1.54) is 0 Å². The van der Waals surface area contributed by atoms with Gasteiger partial charge in [0, 0.05) is 5.69 Å². The zero-order valence-corrected chi connectivity index (χ0v) is 14.9. The maximum Gasteiger partial charge on any atom is 0.413 e. The number of esters is 1. The van der Waals surface area contributed by atoms with Crippen LogP contribution in [0.15, 0.2) is 54.6 Å². The molecule has 0 aliphatic carbocycles. The maximum absolute atomic E-state index is 12.3. The van der Waals surface area contributed by atoms with E-state index in [1.54, 1.807) is 12.1 Å². The van der Waals surface area contributed by atoms with Crippen molar-refractivity contribution in [2.75, 3.05) is 12.0 Å². The Bertz CT molecular complexity index is 837. The Balaban J connectivity index is 1.59. The monoisotopic (exact) mass is 368 g/mol. The van der Waals surface area contributed by atoms with Gasteiger partial charge in [0.25, 0.3) is 0 Å². The molecule has 1 aliphatic heterocycles. The third-order valence-corrected chi connectivity index (χ3v) is 4.23. The van der Waals surface area contributed by atoms with Crippen molar-refractivity contribution in [3.8, 4) is 0 Å². The molecule has 7 heteroatoms. The molecule has 1 heterocycles. The van der Waals surface area contributed by atoms with Gasteiger partial charge >= 0.3 is 12.1 Å². The van der Waals surface area contributed by atoms with Gasteiger partial charge in [-0.2, -0.15) is 0 Å². The Labute approximate surface area is 156 Å². The van der Waals surface area contributed by atoms with Gasteiger partial charge in [-0.15, -0.1) is 0 Å². The molecule has 7 nitrogen and oxygen atoms in total. The molecule has 1 fully saturated rings. The molecule has 0 saturated carbocycles. The summed E-state index contributed by atoms with van der Waals surface area (Å²) in [4.78, 5) is 37.7. The van der Waals surface area contributed by atoms with Gasteiger partial charge in [0.05, 0.1) is 6.42 Å². The van der Waals surface area contributed by atoms with Crippen molar-refractivity contribution in [2.45, 2.75) is 26.0 Å². The van der Waals surface area contributed by atoms with E-state index in [2.05, 4.69) is 5.32 Å². The third kappa shape index (κ3) is 4.63. The lowest BCUT2D eigenvalue weighted by molar-refractivity contribution is -0.140. The Hall–Kier alpha value is -3.35. The van der Waals surface area contributed by atoms with Crippen molar-refractivity contribution < 1.29 is 23.9 Å². The van der Waals surface area contributed by atoms with Crippen LogP contribution in [0.3, 0.4) is 0 Å². The highest BCUT2D eigenvalue weighted by Crippen LogP contribution is 2.19. The molecule has 1 aliphatic rings. The number of rotatable bonds is 5. The minimum absolute atomic E-state index is 0.0759. The summed E-state index contributed by atoms with van der Waals surface area (Å²) in [6.07, 6.45) is -0.897. The number of carbonyl (C=O) groups is 3. The number of ether oxygens (including phenoxy) is 2. The number of hydrogen-bond donors (Lipinski definition) is 1. The Morgan fingerprint density at radius 1 is 1.15 bits per heavy atom. The lowest BCUT2D eigenvalue weighted by Crippen LogP contribution is -2.40. The van der Waals surface area contributed by atoms with Crippen molar-refractivity contribution in [3.63, 3.8) is 0 Å². The number of aryl methyl sites for hydroxylation is 1. The van der Waals surface area contributed by atoms with E-state index in [0.717, 1.165) is 16.0 Å². The van der Waals surface area contributed by atoms with Gasteiger partial charge in [-0.1, -0.05) is 48.5 Å². The average molecular weight is 368 g/mol. The predicted octanol–water partition coefficient (Wildman–Crippen LogP) is 2.85. The topological polar surface area (TPSA) is 84.9 Å². The van der Waals surface area contributed by atoms with Crippen LogP contribution in [-0.4, -0.2) is 35.6 Å². The Kier molecular flexibility index (Phi) is 5.71. The summed E-state index contributed by atoms with van der Waals surface area (Å²) in [6.45, 7) is 1.72. The summed E-state index contributed by atoms with van der Waals surface area (Å²) in [5, 5.41) is 2.75. The predicted molar refractivity (Wildman–Crippen MR) is 97.6 cm³/mol. The summed E-state index contributed by atoms with van der Waals surface area (Å²) in [6, 6.07) is 15.5. The summed E-state index contributed by atoms with van der Waals surface area (Å²) >= 11 is 0. The average Bonchev–Trinajstić information content (AvgIpc) is 3.03. The van der Waals surface area contributed by atoms with E-state index in [4.69, 9.17) is 9.47 Å². The second-order valence-electron chi connectivity index (χ2n) is 6.19. The van der Waals surface area contributed by atoms with E-state index < -0.39 is 18.1 Å². The minimum Gasteiger partial charge on any atom is -0.444 e. The van der Waals surface area contributed by atoms with Crippen LogP contribution in [-0.2, 0) is 25.7 Å². The van der Waals surface area contributed by atoms with Gasteiger partial charge in [-0.25, -0.2) is 9.59 Å². The van der Waals surface area contributed by atoms with Crippen LogP contribution in [0, 0.1) is 6.92 Å². The first-order valence-electron chi connectivity index (χ1n) is 8.54. The molecule has 1 atom stereocenters. The highest BCUT2D eigenvalue weighted by Gasteiger charge is 2.40. The van der Waals surface area contributed by atoms with Gasteiger partial charge in [-0.05, 0) is 24.1 Å². The molecule has 2 aromatic carbocycles.